The lowest BCUT2D eigenvalue weighted by Crippen LogP contribution is -2.00. The molecular weight excluding hydrogens is 290 g/mol. The van der Waals surface area contributed by atoms with Crippen molar-refractivity contribution in [3.8, 4) is 17.1 Å². The summed E-state index contributed by atoms with van der Waals surface area (Å²) >= 11 is 0. The van der Waals surface area contributed by atoms with Gasteiger partial charge in [0.25, 0.3) is 0 Å². The number of hydrogen-bond acceptors (Lipinski definition) is 5. The van der Waals surface area contributed by atoms with Crippen LogP contribution in [0, 0.1) is 6.92 Å². The van der Waals surface area contributed by atoms with E-state index in [0.717, 1.165) is 22.0 Å². The van der Waals surface area contributed by atoms with E-state index in [1.54, 1.807) is 17.7 Å². The molecule has 4 rings (SSSR count). The first-order valence-corrected chi connectivity index (χ1v) is 7.23. The Kier molecular flexibility index (Phi) is 2.90. The van der Waals surface area contributed by atoms with Gasteiger partial charge in [-0.25, -0.2) is 0 Å². The summed E-state index contributed by atoms with van der Waals surface area (Å²) in [7, 11) is 1.62. The molecule has 4 aromatic rings. The molecule has 0 radical (unpaired) electrons. The van der Waals surface area contributed by atoms with Crippen LogP contribution in [0.1, 0.15) is 5.69 Å². The lowest BCUT2D eigenvalue weighted by Gasteiger charge is -2.08. The van der Waals surface area contributed by atoms with Gasteiger partial charge in [0.05, 0.1) is 18.4 Å². The second-order valence-electron chi connectivity index (χ2n) is 5.35. The zero-order chi connectivity index (χ0) is 16.0. The highest BCUT2D eigenvalue weighted by Crippen LogP contribution is 2.32. The number of rotatable bonds is 2. The van der Waals surface area contributed by atoms with E-state index >= 15 is 0 Å². The number of nitrogen functional groups attached to an aromatic ring is 1. The Morgan fingerprint density at radius 2 is 1.83 bits per heavy atom. The van der Waals surface area contributed by atoms with Crippen molar-refractivity contribution in [1.29, 1.82) is 0 Å². The van der Waals surface area contributed by atoms with Crippen molar-refractivity contribution >= 4 is 22.1 Å². The van der Waals surface area contributed by atoms with Crippen LogP contribution < -0.4 is 10.5 Å². The first kappa shape index (κ1) is 13.5. The van der Waals surface area contributed by atoms with Gasteiger partial charge in [0, 0.05) is 16.5 Å². The number of aryl methyl sites for hydroxylation is 1. The molecule has 0 saturated carbocycles. The van der Waals surface area contributed by atoms with Crippen LogP contribution in [-0.2, 0) is 0 Å². The average Bonchev–Trinajstić information content (AvgIpc) is 2.99. The summed E-state index contributed by atoms with van der Waals surface area (Å²) in [6.07, 6.45) is 0. The monoisotopic (exact) mass is 305 g/mol. The van der Waals surface area contributed by atoms with Crippen LogP contribution in [0.3, 0.4) is 0 Å². The molecule has 0 aliphatic heterocycles. The Bertz CT molecular complexity index is 1040. The second kappa shape index (κ2) is 4.95. The summed E-state index contributed by atoms with van der Waals surface area (Å²) in [6.45, 7) is 1.97. The zero-order valence-corrected chi connectivity index (χ0v) is 12.8. The third kappa shape index (κ3) is 1.99. The molecule has 2 aromatic carbocycles. The molecular formula is C17H15N5O. The van der Waals surface area contributed by atoms with Crippen molar-refractivity contribution in [2.45, 2.75) is 6.92 Å². The van der Waals surface area contributed by atoms with Crippen LogP contribution in [0.5, 0.6) is 5.75 Å². The summed E-state index contributed by atoms with van der Waals surface area (Å²) in [5.41, 5.74) is 8.95. The maximum Gasteiger partial charge on any atom is 0.189 e. The van der Waals surface area contributed by atoms with Crippen molar-refractivity contribution in [2.24, 2.45) is 0 Å². The summed E-state index contributed by atoms with van der Waals surface area (Å²) in [6, 6.07) is 13.5. The summed E-state index contributed by atoms with van der Waals surface area (Å²) < 4.78 is 7.17. The molecule has 0 spiro atoms. The third-order valence-electron chi connectivity index (χ3n) is 3.91. The Morgan fingerprint density at radius 1 is 1.04 bits per heavy atom. The number of methoxy groups -OCH3 is 1. The van der Waals surface area contributed by atoms with Gasteiger partial charge in [0.2, 0.25) is 0 Å². The summed E-state index contributed by atoms with van der Waals surface area (Å²) in [5, 5.41) is 15.4. The highest BCUT2D eigenvalue weighted by molar-refractivity contribution is 5.95. The molecule has 6 nitrogen and oxygen atoms in total. The van der Waals surface area contributed by atoms with Gasteiger partial charge >= 0.3 is 0 Å². The number of nitrogens with two attached hydrogens (primary N) is 1. The van der Waals surface area contributed by atoms with Crippen molar-refractivity contribution in [3.05, 3.63) is 48.2 Å². The van der Waals surface area contributed by atoms with Gasteiger partial charge in [0.15, 0.2) is 11.5 Å². The lowest BCUT2D eigenvalue weighted by atomic mass is 10.1. The van der Waals surface area contributed by atoms with Crippen molar-refractivity contribution < 1.29 is 4.74 Å². The van der Waals surface area contributed by atoms with Crippen molar-refractivity contribution in [2.75, 3.05) is 12.8 Å². The highest BCUT2D eigenvalue weighted by atomic mass is 16.5. The second-order valence-corrected chi connectivity index (χ2v) is 5.35. The molecule has 2 aromatic heterocycles. The smallest absolute Gasteiger partial charge is 0.189 e. The predicted molar refractivity (Wildman–Crippen MR) is 89.4 cm³/mol. The van der Waals surface area contributed by atoms with Crippen LogP contribution in [0.2, 0.25) is 0 Å². The summed E-state index contributed by atoms with van der Waals surface area (Å²) in [4.78, 5) is 0. The first-order chi connectivity index (χ1) is 11.2. The fourth-order valence-corrected chi connectivity index (χ4v) is 2.81. The van der Waals surface area contributed by atoms with Gasteiger partial charge in [-0.3, -0.25) is 0 Å². The van der Waals surface area contributed by atoms with Crippen LogP contribution in [-0.4, -0.2) is 26.9 Å². The minimum absolute atomic E-state index is 0.609. The third-order valence-corrected chi connectivity index (χ3v) is 3.91. The van der Waals surface area contributed by atoms with Crippen LogP contribution in [0.15, 0.2) is 42.5 Å². The Labute approximate surface area is 132 Å². The molecule has 0 aliphatic rings. The molecule has 6 heteroatoms. The van der Waals surface area contributed by atoms with Gasteiger partial charge in [-0.1, -0.05) is 24.3 Å². The van der Waals surface area contributed by atoms with Gasteiger partial charge in [-0.15, -0.1) is 10.2 Å². The number of anilines is 1. The molecule has 114 valence electrons. The van der Waals surface area contributed by atoms with E-state index in [4.69, 9.17) is 10.5 Å². The van der Waals surface area contributed by atoms with Gasteiger partial charge in [-0.05, 0) is 25.1 Å². The van der Waals surface area contributed by atoms with Gasteiger partial charge < -0.3 is 10.5 Å². The Morgan fingerprint density at radius 3 is 2.61 bits per heavy atom. The number of aromatic nitrogens is 4. The molecule has 0 amide bonds. The first-order valence-electron chi connectivity index (χ1n) is 7.23. The molecule has 0 atom stereocenters. The number of ether oxygens (including phenoxy) is 1. The van der Waals surface area contributed by atoms with Crippen LogP contribution >= 0.6 is 0 Å². The minimum Gasteiger partial charge on any atom is -0.496 e. The topological polar surface area (TPSA) is 78.3 Å². The molecule has 2 N–H and O–H groups in total. The van der Waals surface area contributed by atoms with Gasteiger partial charge in [-0.2, -0.15) is 9.61 Å². The predicted octanol–water partition coefficient (Wildman–Crippen LogP) is 2.84. The molecule has 0 fully saturated rings. The normalized spacial score (nSPS) is 11.2. The van der Waals surface area contributed by atoms with E-state index in [1.807, 2.05) is 43.3 Å². The maximum absolute atomic E-state index is 5.92. The zero-order valence-electron chi connectivity index (χ0n) is 12.8. The molecule has 2 heterocycles. The molecule has 23 heavy (non-hydrogen) atoms. The van der Waals surface area contributed by atoms with E-state index in [1.165, 1.54) is 0 Å². The van der Waals surface area contributed by atoms with Crippen LogP contribution in [0.25, 0.3) is 27.8 Å². The largest absolute Gasteiger partial charge is 0.496 e. The maximum atomic E-state index is 5.92. The van der Waals surface area contributed by atoms with Crippen LogP contribution in [0.4, 0.5) is 5.69 Å². The number of hydrogen-bond donors (Lipinski definition) is 1. The lowest BCUT2D eigenvalue weighted by molar-refractivity contribution is 0.416. The fraction of sp³-hybridized carbons (Fsp3) is 0.118. The molecule has 0 saturated heterocycles. The number of fused-ring (bicyclic) bond motifs is 3. The van der Waals surface area contributed by atoms with E-state index < -0.39 is 0 Å². The number of nitrogens with zero attached hydrogens (tertiary/aromatic N) is 4. The van der Waals surface area contributed by atoms with E-state index in [2.05, 4.69) is 15.3 Å². The van der Waals surface area contributed by atoms with E-state index in [9.17, 15) is 0 Å². The molecule has 0 unspecified atom stereocenters. The molecule has 0 aliphatic carbocycles. The average molecular weight is 305 g/mol. The number of benzene rings is 2. The minimum atomic E-state index is 0.609. The SMILES string of the molecule is COc1ccc(N)cc1-c1nnc2c3ccccc3c(C)nn12. The standard InChI is InChI=1S/C17H15N5O/c1-10-12-5-3-4-6-13(12)16-19-20-17(22(16)21-10)14-9-11(18)7-8-15(14)23-2/h3-9H,18H2,1-2H3. The highest BCUT2D eigenvalue weighted by Gasteiger charge is 2.17. The summed E-state index contributed by atoms with van der Waals surface area (Å²) in [5.74, 6) is 1.29. The Balaban J connectivity index is 2.09. The quantitative estimate of drug-likeness (QED) is 0.576. The Hall–Kier alpha value is -3.15. The van der Waals surface area contributed by atoms with Crippen molar-refractivity contribution in [1.82, 2.24) is 19.8 Å². The van der Waals surface area contributed by atoms with E-state index in [0.29, 0.717) is 22.9 Å². The fourth-order valence-electron chi connectivity index (χ4n) is 2.81. The van der Waals surface area contributed by atoms with Crippen molar-refractivity contribution in [3.63, 3.8) is 0 Å². The van der Waals surface area contributed by atoms with Gasteiger partial charge in [0.1, 0.15) is 5.75 Å². The van der Waals surface area contributed by atoms with E-state index in [-0.39, 0.29) is 0 Å². The molecule has 0 bridgehead atoms.